The van der Waals surface area contributed by atoms with Gasteiger partial charge in [0.05, 0.1) is 26.0 Å². The molecular formula is C16H15BrN2O3. The number of benzene rings is 2. The molecule has 0 aliphatic rings. The van der Waals surface area contributed by atoms with E-state index in [0.29, 0.717) is 11.3 Å². The Balaban J connectivity index is 2.09. The van der Waals surface area contributed by atoms with Crippen molar-refractivity contribution in [2.75, 3.05) is 14.2 Å². The first-order chi connectivity index (χ1) is 10.6. The van der Waals surface area contributed by atoms with E-state index in [1.165, 1.54) is 7.11 Å². The fraction of sp³-hybridized carbons (Fsp3) is 0.125. The molecule has 0 spiro atoms. The predicted molar refractivity (Wildman–Crippen MR) is 88.7 cm³/mol. The first-order valence-corrected chi connectivity index (χ1v) is 7.24. The van der Waals surface area contributed by atoms with Gasteiger partial charge in [-0.05, 0) is 35.9 Å². The van der Waals surface area contributed by atoms with Gasteiger partial charge < -0.3 is 9.47 Å². The molecule has 22 heavy (non-hydrogen) atoms. The molecule has 0 heterocycles. The summed E-state index contributed by atoms with van der Waals surface area (Å²) < 4.78 is 11.1. The number of carbonyl (C=O) groups excluding carboxylic acids is 1. The van der Waals surface area contributed by atoms with Crippen molar-refractivity contribution in [3.8, 4) is 11.5 Å². The topological polar surface area (TPSA) is 59.9 Å². The third-order valence-corrected chi connectivity index (χ3v) is 3.37. The molecule has 0 aliphatic heterocycles. The van der Waals surface area contributed by atoms with E-state index in [1.54, 1.807) is 31.5 Å². The van der Waals surface area contributed by atoms with Crippen molar-refractivity contribution in [3.63, 3.8) is 0 Å². The molecule has 1 amide bonds. The third-order valence-electron chi connectivity index (χ3n) is 2.88. The maximum absolute atomic E-state index is 12.1. The third kappa shape index (κ3) is 4.08. The molecule has 0 aliphatic carbocycles. The second-order valence-electron chi connectivity index (χ2n) is 4.32. The number of nitrogens with zero attached hydrogens (tertiary/aromatic N) is 1. The number of hydrogen-bond acceptors (Lipinski definition) is 4. The van der Waals surface area contributed by atoms with Gasteiger partial charge in [-0.1, -0.05) is 28.1 Å². The van der Waals surface area contributed by atoms with Crippen LogP contribution in [0.15, 0.2) is 52.0 Å². The molecule has 0 radical (unpaired) electrons. The summed E-state index contributed by atoms with van der Waals surface area (Å²) in [6.45, 7) is 0. The first-order valence-electron chi connectivity index (χ1n) is 6.45. The highest BCUT2D eigenvalue weighted by Gasteiger charge is 2.11. The molecule has 2 aromatic rings. The van der Waals surface area contributed by atoms with Crippen molar-refractivity contribution in [2.24, 2.45) is 5.10 Å². The molecule has 2 aromatic carbocycles. The van der Waals surface area contributed by atoms with Crippen molar-refractivity contribution in [1.29, 1.82) is 0 Å². The van der Waals surface area contributed by atoms with Gasteiger partial charge in [0.2, 0.25) is 0 Å². The van der Waals surface area contributed by atoms with Crippen LogP contribution in [0.4, 0.5) is 0 Å². The monoisotopic (exact) mass is 362 g/mol. The lowest BCUT2D eigenvalue weighted by Gasteiger charge is -2.07. The normalized spacial score (nSPS) is 10.5. The van der Waals surface area contributed by atoms with Gasteiger partial charge in [0, 0.05) is 4.47 Å². The van der Waals surface area contributed by atoms with Gasteiger partial charge in [-0.15, -0.1) is 0 Å². The Kier molecular flexibility index (Phi) is 5.55. The maximum atomic E-state index is 12.1. The largest absolute Gasteiger partial charge is 0.497 e. The Hall–Kier alpha value is -2.34. The van der Waals surface area contributed by atoms with Crippen LogP contribution in [0.3, 0.4) is 0 Å². The number of ether oxygens (including phenoxy) is 2. The van der Waals surface area contributed by atoms with Crippen molar-refractivity contribution in [2.45, 2.75) is 0 Å². The summed E-state index contributed by atoms with van der Waals surface area (Å²) in [5, 5.41) is 3.95. The molecule has 1 N–H and O–H groups in total. The Morgan fingerprint density at radius 3 is 2.73 bits per heavy atom. The lowest BCUT2D eigenvalue weighted by Crippen LogP contribution is -2.18. The predicted octanol–water partition coefficient (Wildman–Crippen LogP) is 3.23. The SMILES string of the molecule is COc1cccc(/C=N\NC(=O)c2cc(Br)ccc2OC)c1. The van der Waals surface area contributed by atoms with Gasteiger partial charge in [-0.3, -0.25) is 4.79 Å². The van der Waals surface area contributed by atoms with Gasteiger partial charge in [0.15, 0.2) is 0 Å². The molecule has 0 bridgehead atoms. The Bertz CT molecular complexity index is 702. The summed E-state index contributed by atoms with van der Waals surface area (Å²) in [5.41, 5.74) is 3.70. The summed E-state index contributed by atoms with van der Waals surface area (Å²) in [5.74, 6) is 0.860. The molecule has 5 nitrogen and oxygen atoms in total. The van der Waals surface area contributed by atoms with Gasteiger partial charge >= 0.3 is 0 Å². The number of hydrogen-bond donors (Lipinski definition) is 1. The van der Waals surface area contributed by atoms with E-state index in [1.807, 2.05) is 24.3 Å². The Labute approximate surface area is 137 Å². The lowest BCUT2D eigenvalue weighted by atomic mass is 10.2. The average Bonchev–Trinajstić information content (AvgIpc) is 2.55. The standard InChI is InChI=1S/C16H15BrN2O3/c1-21-13-5-3-4-11(8-13)10-18-19-16(20)14-9-12(17)6-7-15(14)22-2/h3-10H,1-2H3,(H,19,20)/b18-10-. The number of methoxy groups -OCH3 is 2. The highest BCUT2D eigenvalue weighted by molar-refractivity contribution is 9.10. The van der Waals surface area contributed by atoms with E-state index in [4.69, 9.17) is 9.47 Å². The van der Waals surface area contributed by atoms with Gasteiger partial charge in [-0.25, -0.2) is 5.43 Å². The summed E-state index contributed by atoms with van der Waals surface area (Å²) in [7, 11) is 3.11. The van der Waals surface area contributed by atoms with E-state index in [9.17, 15) is 4.79 Å². The highest BCUT2D eigenvalue weighted by Crippen LogP contribution is 2.22. The number of hydrazone groups is 1. The molecule has 2 rings (SSSR count). The minimum absolute atomic E-state index is 0.350. The second-order valence-corrected chi connectivity index (χ2v) is 5.24. The molecule has 0 aromatic heterocycles. The van der Waals surface area contributed by atoms with Crippen LogP contribution in [0.5, 0.6) is 11.5 Å². The number of halogens is 1. The van der Waals surface area contributed by atoms with E-state index in [2.05, 4.69) is 26.5 Å². The molecular weight excluding hydrogens is 348 g/mol. The quantitative estimate of drug-likeness (QED) is 0.656. The molecule has 0 atom stereocenters. The molecule has 0 saturated heterocycles. The highest BCUT2D eigenvalue weighted by atomic mass is 79.9. The van der Waals surface area contributed by atoms with Crippen LogP contribution < -0.4 is 14.9 Å². The van der Waals surface area contributed by atoms with E-state index in [-0.39, 0.29) is 5.91 Å². The maximum Gasteiger partial charge on any atom is 0.275 e. The van der Waals surface area contributed by atoms with Crippen LogP contribution in [0.1, 0.15) is 15.9 Å². The van der Waals surface area contributed by atoms with Crippen LogP contribution in [0, 0.1) is 0 Å². The van der Waals surface area contributed by atoms with Crippen molar-refractivity contribution in [1.82, 2.24) is 5.43 Å². The molecule has 6 heteroatoms. The van der Waals surface area contributed by atoms with E-state index in [0.717, 1.165) is 15.8 Å². The summed E-state index contributed by atoms with van der Waals surface area (Å²) in [6.07, 6.45) is 1.55. The fourth-order valence-electron chi connectivity index (χ4n) is 1.81. The number of nitrogens with one attached hydrogen (secondary N) is 1. The molecule has 114 valence electrons. The minimum Gasteiger partial charge on any atom is -0.497 e. The van der Waals surface area contributed by atoms with Crippen molar-refractivity contribution < 1.29 is 14.3 Å². The fourth-order valence-corrected chi connectivity index (χ4v) is 2.17. The zero-order valence-corrected chi connectivity index (χ0v) is 13.8. The van der Waals surface area contributed by atoms with Crippen LogP contribution in [-0.4, -0.2) is 26.3 Å². The summed E-state index contributed by atoms with van der Waals surface area (Å²) in [6, 6.07) is 12.5. The molecule has 0 fully saturated rings. The van der Waals surface area contributed by atoms with Crippen LogP contribution in [0.25, 0.3) is 0 Å². The van der Waals surface area contributed by atoms with Crippen molar-refractivity contribution in [3.05, 3.63) is 58.1 Å². The Morgan fingerprint density at radius 1 is 1.18 bits per heavy atom. The van der Waals surface area contributed by atoms with E-state index >= 15 is 0 Å². The number of amides is 1. The summed E-state index contributed by atoms with van der Waals surface area (Å²) >= 11 is 3.33. The molecule has 0 saturated carbocycles. The lowest BCUT2D eigenvalue weighted by molar-refractivity contribution is 0.0952. The summed E-state index contributed by atoms with van der Waals surface area (Å²) in [4.78, 5) is 12.1. The van der Waals surface area contributed by atoms with Crippen molar-refractivity contribution >= 4 is 28.1 Å². The van der Waals surface area contributed by atoms with Crippen LogP contribution in [-0.2, 0) is 0 Å². The minimum atomic E-state index is -0.350. The van der Waals surface area contributed by atoms with Gasteiger partial charge in [0.25, 0.3) is 5.91 Å². The zero-order chi connectivity index (χ0) is 15.9. The second kappa shape index (κ2) is 7.61. The Morgan fingerprint density at radius 2 is 2.00 bits per heavy atom. The zero-order valence-electron chi connectivity index (χ0n) is 12.2. The van der Waals surface area contributed by atoms with Crippen LogP contribution >= 0.6 is 15.9 Å². The van der Waals surface area contributed by atoms with E-state index < -0.39 is 0 Å². The van der Waals surface area contributed by atoms with Gasteiger partial charge in [-0.2, -0.15) is 5.10 Å². The van der Waals surface area contributed by atoms with Gasteiger partial charge in [0.1, 0.15) is 11.5 Å². The number of carbonyl (C=O) groups is 1. The smallest absolute Gasteiger partial charge is 0.275 e. The van der Waals surface area contributed by atoms with Crippen LogP contribution in [0.2, 0.25) is 0 Å². The average molecular weight is 363 g/mol. The number of rotatable bonds is 5. The molecule has 0 unspecified atom stereocenters. The first kappa shape index (κ1) is 16.0.